The first-order chi connectivity index (χ1) is 11.3. The van der Waals surface area contributed by atoms with Crippen molar-refractivity contribution >= 4 is 49.1 Å². The van der Waals surface area contributed by atoms with Gasteiger partial charge in [-0.3, -0.25) is 4.98 Å². The molecule has 0 amide bonds. The Kier molecular flexibility index (Phi) is 4.20. The molecule has 0 fully saturated rings. The molecule has 0 bridgehead atoms. The largest absolute Gasteiger partial charge is 0.345 e. The third-order valence-electron chi connectivity index (χ3n) is 3.52. The van der Waals surface area contributed by atoms with E-state index in [9.17, 15) is 0 Å². The molecule has 0 saturated heterocycles. The normalized spacial score (nSPS) is 11.2. The number of nitrogens with zero attached hydrogens (tertiary/aromatic N) is 2. The molecule has 114 valence electrons. The van der Waals surface area contributed by atoms with Crippen LogP contribution in [0.3, 0.4) is 0 Å². The van der Waals surface area contributed by atoms with Gasteiger partial charge in [0.15, 0.2) is 0 Å². The zero-order valence-corrected chi connectivity index (χ0v) is 15.2. The first-order valence-electron chi connectivity index (χ1n) is 7.05. The van der Waals surface area contributed by atoms with Crippen molar-refractivity contribution in [1.29, 1.82) is 0 Å². The topological polar surface area (TPSA) is 41.6 Å². The summed E-state index contributed by atoms with van der Waals surface area (Å²) in [6, 6.07) is 10.4. The molecule has 3 aromatic heterocycles. The van der Waals surface area contributed by atoms with Crippen LogP contribution in [-0.2, 0) is 5.75 Å². The Hall–Kier alpha value is -1.63. The van der Waals surface area contributed by atoms with Crippen LogP contribution in [0, 0.1) is 0 Å². The Morgan fingerprint density at radius 3 is 2.91 bits per heavy atom. The van der Waals surface area contributed by atoms with Gasteiger partial charge in [-0.25, -0.2) is 4.98 Å². The minimum absolute atomic E-state index is 0.835. The number of imidazole rings is 1. The maximum Gasteiger partial charge on any atom is 0.138 e. The van der Waals surface area contributed by atoms with Crippen molar-refractivity contribution in [3.05, 3.63) is 64.5 Å². The number of thiophene rings is 1. The van der Waals surface area contributed by atoms with Gasteiger partial charge in [0.05, 0.1) is 10.4 Å². The number of rotatable bonds is 4. The summed E-state index contributed by atoms with van der Waals surface area (Å²) in [4.78, 5) is 13.3. The predicted molar refractivity (Wildman–Crippen MR) is 101 cm³/mol. The molecule has 3 heterocycles. The maximum absolute atomic E-state index is 4.57. The van der Waals surface area contributed by atoms with E-state index in [0.29, 0.717) is 0 Å². The van der Waals surface area contributed by atoms with Gasteiger partial charge in [-0.15, -0.1) is 23.1 Å². The van der Waals surface area contributed by atoms with E-state index in [1.165, 1.54) is 15.0 Å². The van der Waals surface area contributed by atoms with E-state index < -0.39 is 0 Å². The number of thioether (sulfide) groups is 1. The van der Waals surface area contributed by atoms with Crippen LogP contribution in [0.15, 0.2) is 63.7 Å². The Balaban J connectivity index is 1.65. The van der Waals surface area contributed by atoms with Crippen molar-refractivity contribution in [2.24, 2.45) is 0 Å². The number of aromatic amines is 1. The van der Waals surface area contributed by atoms with Crippen LogP contribution in [0.25, 0.3) is 21.5 Å². The number of aromatic nitrogens is 3. The number of fused-ring (bicyclic) bond motifs is 1. The van der Waals surface area contributed by atoms with Crippen molar-refractivity contribution < 1.29 is 0 Å². The van der Waals surface area contributed by atoms with Gasteiger partial charge in [0.1, 0.15) is 5.82 Å². The first-order valence-corrected chi connectivity index (χ1v) is 9.71. The monoisotopic (exact) mass is 401 g/mol. The molecule has 1 N–H and O–H groups in total. The molecule has 0 unspecified atom stereocenters. The summed E-state index contributed by atoms with van der Waals surface area (Å²) in [6.45, 7) is 0. The molecule has 4 rings (SSSR count). The standard InChI is InChI=1S/C17H12BrN3S2/c18-13-9-23-16-11(13)5-6-19-14(16)10-22-15-4-2-1-3-12(15)17-20-7-8-21-17/h1-9H,10H2,(H,20,21). The van der Waals surface area contributed by atoms with Crippen LogP contribution in [0.5, 0.6) is 0 Å². The van der Waals surface area contributed by atoms with Crippen LogP contribution in [-0.4, -0.2) is 15.0 Å². The summed E-state index contributed by atoms with van der Waals surface area (Å²) in [5, 5.41) is 3.36. The first kappa shape index (κ1) is 14.9. The van der Waals surface area contributed by atoms with Crippen LogP contribution in [0.4, 0.5) is 0 Å². The summed E-state index contributed by atoms with van der Waals surface area (Å²) in [5.41, 5.74) is 2.25. The Morgan fingerprint density at radius 2 is 2.04 bits per heavy atom. The van der Waals surface area contributed by atoms with E-state index in [-0.39, 0.29) is 0 Å². The molecular weight excluding hydrogens is 390 g/mol. The highest BCUT2D eigenvalue weighted by molar-refractivity contribution is 9.10. The smallest absolute Gasteiger partial charge is 0.138 e. The molecule has 0 spiro atoms. The van der Waals surface area contributed by atoms with E-state index in [2.05, 4.69) is 60.5 Å². The summed E-state index contributed by atoms with van der Waals surface area (Å²) in [5.74, 6) is 1.74. The SMILES string of the molecule is Brc1csc2c(CSc3ccccc3-c3ncc[nH]3)nccc12. The maximum atomic E-state index is 4.57. The molecule has 1 aromatic carbocycles. The fourth-order valence-corrected chi connectivity index (χ4v) is 5.19. The molecule has 6 heteroatoms. The third-order valence-corrected chi connectivity index (χ3v) is 6.61. The van der Waals surface area contributed by atoms with Gasteiger partial charge in [0, 0.05) is 50.0 Å². The van der Waals surface area contributed by atoms with Crippen LogP contribution in [0.2, 0.25) is 0 Å². The number of H-pyrrole nitrogens is 1. The zero-order chi connectivity index (χ0) is 15.6. The van der Waals surface area contributed by atoms with Crippen LogP contribution in [0.1, 0.15) is 5.69 Å². The lowest BCUT2D eigenvalue weighted by Crippen LogP contribution is -1.89. The molecule has 0 aliphatic rings. The van der Waals surface area contributed by atoms with Gasteiger partial charge >= 0.3 is 0 Å². The Bertz CT molecular complexity index is 948. The molecule has 23 heavy (non-hydrogen) atoms. The minimum Gasteiger partial charge on any atom is -0.345 e. The Morgan fingerprint density at radius 1 is 1.13 bits per heavy atom. The van der Waals surface area contributed by atoms with Crippen molar-refractivity contribution in [2.75, 3.05) is 0 Å². The molecule has 3 nitrogen and oxygen atoms in total. The number of halogens is 1. The van der Waals surface area contributed by atoms with E-state index in [1.54, 1.807) is 29.3 Å². The van der Waals surface area contributed by atoms with Crippen LogP contribution >= 0.6 is 39.0 Å². The summed E-state index contributed by atoms with van der Waals surface area (Å²) < 4.78 is 2.39. The van der Waals surface area contributed by atoms with Gasteiger partial charge in [-0.05, 0) is 28.1 Å². The minimum atomic E-state index is 0.835. The van der Waals surface area contributed by atoms with Crippen LogP contribution < -0.4 is 0 Å². The molecule has 0 aliphatic carbocycles. The van der Waals surface area contributed by atoms with Gasteiger partial charge in [0.25, 0.3) is 0 Å². The number of nitrogens with one attached hydrogen (secondary N) is 1. The van der Waals surface area contributed by atoms with Crippen molar-refractivity contribution in [1.82, 2.24) is 15.0 Å². The van der Waals surface area contributed by atoms with Gasteiger partial charge in [-0.1, -0.05) is 18.2 Å². The molecule has 0 saturated carbocycles. The second-order valence-corrected chi connectivity index (χ2v) is 7.69. The highest BCUT2D eigenvalue weighted by atomic mass is 79.9. The van der Waals surface area contributed by atoms with Gasteiger partial charge < -0.3 is 4.98 Å². The molecular formula is C17H12BrN3S2. The Labute approximate surface area is 150 Å². The zero-order valence-electron chi connectivity index (χ0n) is 12.0. The average Bonchev–Trinajstić information content (AvgIpc) is 3.24. The molecule has 0 aliphatic heterocycles. The van der Waals surface area contributed by atoms with Gasteiger partial charge in [0.2, 0.25) is 0 Å². The summed E-state index contributed by atoms with van der Waals surface area (Å²) >= 11 is 7.13. The number of pyridine rings is 1. The van der Waals surface area contributed by atoms with Crippen molar-refractivity contribution in [2.45, 2.75) is 10.6 Å². The molecule has 4 aromatic rings. The summed E-state index contributed by atoms with van der Waals surface area (Å²) in [6.07, 6.45) is 5.51. The van der Waals surface area contributed by atoms with E-state index in [4.69, 9.17) is 0 Å². The average molecular weight is 402 g/mol. The molecule has 0 atom stereocenters. The second kappa shape index (κ2) is 6.47. The number of hydrogen-bond acceptors (Lipinski definition) is 4. The van der Waals surface area contributed by atoms with E-state index in [0.717, 1.165) is 27.3 Å². The quantitative estimate of drug-likeness (QED) is 0.443. The fraction of sp³-hybridized carbons (Fsp3) is 0.0588. The van der Waals surface area contributed by atoms with Crippen molar-refractivity contribution in [3.8, 4) is 11.4 Å². The number of benzene rings is 1. The highest BCUT2D eigenvalue weighted by Crippen LogP contribution is 2.36. The summed E-state index contributed by atoms with van der Waals surface area (Å²) in [7, 11) is 0. The van der Waals surface area contributed by atoms with Gasteiger partial charge in [-0.2, -0.15) is 0 Å². The lowest BCUT2D eigenvalue weighted by atomic mass is 10.2. The highest BCUT2D eigenvalue weighted by Gasteiger charge is 2.11. The van der Waals surface area contributed by atoms with E-state index in [1.807, 2.05) is 18.5 Å². The van der Waals surface area contributed by atoms with E-state index >= 15 is 0 Å². The van der Waals surface area contributed by atoms with Crippen molar-refractivity contribution in [3.63, 3.8) is 0 Å². The lowest BCUT2D eigenvalue weighted by molar-refractivity contribution is 1.21. The molecule has 0 radical (unpaired) electrons. The third kappa shape index (κ3) is 2.94. The fourth-order valence-electron chi connectivity index (χ4n) is 2.43. The second-order valence-electron chi connectivity index (χ2n) is 4.94. The predicted octanol–water partition coefficient (Wildman–Crippen LogP) is 5.74. The lowest BCUT2D eigenvalue weighted by Gasteiger charge is -2.07. The number of hydrogen-bond donors (Lipinski definition) is 1.